The maximum atomic E-state index is 14.6. The Morgan fingerprint density at radius 1 is 0.714 bits per heavy atom. The number of hydrogen-bond acceptors (Lipinski definition) is 4. The van der Waals surface area contributed by atoms with Crippen LogP contribution in [0.3, 0.4) is 0 Å². The van der Waals surface area contributed by atoms with Gasteiger partial charge in [0, 0.05) is 28.8 Å². The number of esters is 2. The molecule has 0 atom stereocenters. The third-order valence-corrected chi connectivity index (χ3v) is 4.64. The van der Waals surface area contributed by atoms with E-state index in [1.54, 1.807) is 60.7 Å². The van der Waals surface area contributed by atoms with Crippen LogP contribution in [0.5, 0.6) is 0 Å². The first-order valence-electron chi connectivity index (χ1n) is 10.6. The summed E-state index contributed by atoms with van der Waals surface area (Å²) in [6.45, 7) is 6.96. The number of benzene rings is 3. The van der Waals surface area contributed by atoms with Crippen molar-refractivity contribution in [3.63, 3.8) is 0 Å². The van der Waals surface area contributed by atoms with Gasteiger partial charge in [0.25, 0.3) is 0 Å². The molecule has 4 nitrogen and oxygen atoms in total. The van der Waals surface area contributed by atoms with E-state index in [0.29, 0.717) is 11.1 Å². The normalized spacial score (nSPS) is 9.51. The molecule has 5 heteroatoms. The van der Waals surface area contributed by atoms with Gasteiger partial charge < -0.3 is 9.47 Å². The van der Waals surface area contributed by atoms with Crippen LogP contribution in [0.4, 0.5) is 4.39 Å². The van der Waals surface area contributed by atoms with Crippen LogP contribution >= 0.6 is 0 Å². The van der Waals surface area contributed by atoms with Crippen molar-refractivity contribution in [1.82, 2.24) is 0 Å². The zero-order valence-electron chi connectivity index (χ0n) is 18.8. The maximum Gasteiger partial charge on any atom is 0.330 e. The van der Waals surface area contributed by atoms with E-state index in [-0.39, 0.29) is 18.8 Å². The Bertz CT molecular complexity index is 1380. The number of carbonyl (C=O) groups excluding carboxylic acids is 2. The van der Waals surface area contributed by atoms with Crippen LogP contribution in [0.1, 0.15) is 33.4 Å². The maximum absolute atomic E-state index is 14.6. The lowest BCUT2D eigenvalue weighted by molar-refractivity contribution is -0.139. The molecule has 172 valence electrons. The highest BCUT2D eigenvalue weighted by atomic mass is 19.1. The zero-order valence-corrected chi connectivity index (χ0v) is 18.8. The van der Waals surface area contributed by atoms with Crippen LogP contribution in [-0.4, -0.2) is 11.9 Å². The molecule has 0 radical (unpaired) electrons. The minimum absolute atomic E-state index is 0.105. The molecular weight excluding hydrogens is 443 g/mol. The second-order valence-electron chi connectivity index (χ2n) is 7.22. The molecule has 0 fully saturated rings. The average Bonchev–Trinajstić information content (AvgIpc) is 2.89. The van der Waals surface area contributed by atoms with Crippen molar-refractivity contribution in [1.29, 1.82) is 0 Å². The van der Waals surface area contributed by atoms with E-state index >= 15 is 0 Å². The van der Waals surface area contributed by atoms with E-state index in [0.717, 1.165) is 28.8 Å². The third-order valence-electron chi connectivity index (χ3n) is 4.64. The van der Waals surface area contributed by atoms with Gasteiger partial charge in [-0.05, 0) is 53.6 Å². The molecule has 3 aromatic carbocycles. The monoisotopic (exact) mass is 464 g/mol. The standard InChI is InChI=1S/C30H21FO4/c1-3-29(32)34-20-25-12-9-22(10-13-25)8-11-24-15-17-27(28(31)19-24)16-14-23-6-5-7-26(18-23)21-35-30(33)4-2/h3-7,9-10,12-13,15,17-19H,1-2,20-21H2. The van der Waals surface area contributed by atoms with Crippen LogP contribution in [0, 0.1) is 29.5 Å². The van der Waals surface area contributed by atoms with Gasteiger partial charge in [-0.25, -0.2) is 14.0 Å². The summed E-state index contributed by atoms with van der Waals surface area (Å²) in [6.07, 6.45) is 2.21. The molecule has 0 spiro atoms. The first kappa shape index (κ1) is 24.8. The largest absolute Gasteiger partial charge is 0.458 e. The lowest BCUT2D eigenvalue weighted by atomic mass is 10.1. The second kappa shape index (κ2) is 12.4. The third kappa shape index (κ3) is 7.89. The molecule has 0 bridgehead atoms. The van der Waals surface area contributed by atoms with Crippen molar-refractivity contribution in [2.45, 2.75) is 13.2 Å². The van der Waals surface area contributed by atoms with Crippen molar-refractivity contribution in [3.05, 3.63) is 131 Å². The van der Waals surface area contributed by atoms with Gasteiger partial charge in [0.15, 0.2) is 0 Å². The van der Waals surface area contributed by atoms with E-state index in [9.17, 15) is 14.0 Å². The fourth-order valence-electron chi connectivity index (χ4n) is 2.83. The minimum Gasteiger partial charge on any atom is -0.458 e. The number of carbonyl (C=O) groups is 2. The quantitative estimate of drug-likeness (QED) is 0.290. The summed E-state index contributed by atoms with van der Waals surface area (Å²) >= 11 is 0. The van der Waals surface area contributed by atoms with Crippen LogP contribution < -0.4 is 0 Å². The van der Waals surface area contributed by atoms with E-state index in [4.69, 9.17) is 9.47 Å². The van der Waals surface area contributed by atoms with Crippen molar-refractivity contribution >= 4 is 11.9 Å². The zero-order chi connectivity index (χ0) is 25.0. The molecule has 0 saturated heterocycles. The van der Waals surface area contributed by atoms with Crippen LogP contribution in [0.15, 0.2) is 92.0 Å². The summed E-state index contributed by atoms with van der Waals surface area (Å²) in [6, 6.07) is 19.0. The molecule has 0 unspecified atom stereocenters. The highest BCUT2D eigenvalue weighted by Gasteiger charge is 2.02. The van der Waals surface area contributed by atoms with E-state index in [2.05, 4.69) is 36.8 Å². The average molecular weight is 464 g/mol. The van der Waals surface area contributed by atoms with E-state index in [1.807, 2.05) is 0 Å². The number of hydrogen-bond donors (Lipinski definition) is 0. The summed E-state index contributed by atoms with van der Waals surface area (Å²) in [4.78, 5) is 22.3. The fraction of sp³-hybridized carbons (Fsp3) is 0.0667. The molecule has 0 aliphatic heterocycles. The van der Waals surface area contributed by atoms with E-state index < -0.39 is 17.8 Å². The Kier molecular flexibility index (Phi) is 8.77. The van der Waals surface area contributed by atoms with Crippen molar-refractivity contribution in [2.75, 3.05) is 0 Å². The van der Waals surface area contributed by atoms with E-state index in [1.165, 1.54) is 6.07 Å². The SMILES string of the molecule is C=CC(=O)OCc1ccc(C#Cc2ccc(C#Cc3cccc(COC(=O)C=C)c3)c(F)c2)cc1. The summed E-state index contributed by atoms with van der Waals surface area (Å²) in [5, 5.41) is 0. The summed E-state index contributed by atoms with van der Waals surface area (Å²) in [7, 11) is 0. The molecular formula is C30H21FO4. The molecule has 3 aromatic rings. The number of halogens is 1. The molecule has 0 heterocycles. The van der Waals surface area contributed by atoms with Crippen LogP contribution in [0.2, 0.25) is 0 Å². The Morgan fingerprint density at radius 2 is 1.29 bits per heavy atom. The first-order chi connectivity index (χ1) is 17.0. The molecule has 0 N–H and O–H groups in total. The topological polar surface area (TPSA) is 52.6 Å². The molecule has 0 aromatic heterocycles. The van der Waals surface area contributed by atoms with Crippen LogP contribution in [-0.2, 0) is 32.3 Å². The summed E-state index contributed by atoms with van der Waals surface area (Å²) in [5.41, 5.74) is 3.77. The summed E-state index contributed by atoms with van der Waals surface area (Å²) < 4.78 is 24.5. The molecule has 0 aliphatic carbocycles. The Morgan fingerprint density at radius 3 is 1.94 bits per heavy atom. The highest BCUT2D eigenvalue weighted by Crippen LogP contribution is 2.11. The fourth-order valence-corrected chi connectivity index (χ4v) is 2.83. The minimum atomic E-state index is -0.504. The van der Waals surface area contributed by atoms with Crippen molar-refractivity contribution in [2.24, 2.45) is 0 Å². The second-order valence-corrected chi connectivity index (χ2v) is 7.22. The van der Waals surface area contributed by atoms with Gasteiger partial charge in [-0.2, -0.15) is 0 Å². The van der Waals surface area contributed by atoms with Gasteiger partial charge in [-0.1, -0.05) is 61.1 Å². The van der Waals surface area contributed by atoms with Crippen molar-refractivity contribution < 1.29 is 23.5 Å². The number of rotatable bonds is 6. The Labute approximate surface area is 203 Å². The molecule has 0 saturated carbocycles. The molecule has 0 amide bonds. The van der Waals surface area contributed by atoms with Crippen molar-refractivity contribution in [3.8, 4) is 23.7 Å². The predicted molar refractivity (Wildman–Crippen MR) is 131 cm³/mol. The van der Waals surface area contributed by atoms with Crippen LogP contribution in [0.25, 0.3) is 0 Å². The lowest BCUT2D eigenvalue weighted by Gasteiger charge is -2.02. The number of ether oxygens (including phenoxy) is 2. The van der Waals surface area contributed by atoms with Gasteiger partial charge in [0.1, 0.15) is 19.0 Å². The van der Waals surface area contributed by atoms with Gasteiger partial charge >= 0.3 is 11.9 Å². The smallest absolute Gasteiger partial charge is 0.330 e. The lowest BCUT2D eigenvalue weighted by Crippen LogP contribution is -2.00. The summed E-state index contributed by atoms with van der Waals surface area (Å²) in [5.74, 6) is 10.2. The van der Waals surface area contributed by atoms with Gasteiger partial charge in [-0.15, -0.1) is 0 Å². The predicted octanol–water partition coefficient (Wildman–Crippen LogP) is 5.08. The Balaban J connectivity index is 1.66. The molecule has 35 heavy (non-hydrogen) atoms. The van der Waals surface area contributed by atoms with Gasteiger partial charge in [0.05, 0.1) is 5.56 Å². The van der Waals surface area contributed by atoms with Gasteiger partial charge in [0.2, 0.25) is 0 Å². The highest BCUT2D eigenvalue weighted by molar-refractivity contribution is 5.81. The first-order valence-corrected chi connectivity index (χ1v) is 10.6. The van der Waals surface area contributed by atoms with Gasteiger partial charge in [-0.3, -0.25) is 0 Å². The molecule has 3 rings (SSSR count). The Hall–Kier alpha value is -4.87. The molecule has 0 aliphatic rings.